The second kappa shape index (κ2) is 6.02. The number of amides is 1. The number of hydrogen-bond acceptors (Lipinski definition) is 2. The summed E-state index contributed by atoms with van der Waals surface area (Å²) in [6, 6.07) is 13.5. The number of carbonyl (C=O) groups is 2. The number of carboxylic acid groups (broad SMARTS) is 1. The van der Waals surface area contributed by atoms with E-state index >= 15 is 0 Å². The van der Waals surface area contributed by atoms with E-state index in [0.29, 0.717) is 12.8 Å². The molecule has 0 unspecified atom stereocenters. The van der Waals surface area contributed by atoms with Gasteiger partial charge >= 0.3 is 5.97 Å². The third kappa shape index (κ3) is 2.72. The van der Waals surface area contributed by atoms with Crippen molar-refractivity contribution in [2.45, 2.75) is 12.8 Å². The minimum Gasteiger partial charge on any atom is -0.481 e. The highest BCUT2D eigenvalue weighted by atomic mass is 16.4. The van der Waals surface area contributed by atoms with Gasteiger partial charge in [-0.15, -0.1) is 0 Å². The van der Waals surface area contributed by atoms with Crippen molar-refractivity contribution in [3.05, 3.63) is 54.6 Å². The maximum atomic E-state index is 12.5. The number of hydrogen-bond donors (Lipinski definition) is 2. The molecule has 3 rings (SSSR count). The fourth-order valence-corrected chi connectivity index (χ4v) is 2.94. The Morgan fingerprint density at radius 3 is 2.41 bits per heavy atom. The number of anilines is 1. The van der Waals surface area contributed by atoms with Crippen LogP contribution in [-0.4, -0.2) is 17.0 Å². The van der Waals surface area contributed by atoms with E-state index in [-0.39, 0.29) is 5.91 Å². The zero-order valence-corrected chi connectivity index (χ0v) is 12.0. The van der Waals surface area contributed by atoms with Gasteiger partial charge in [0.2, 0.25) is 5.91 Å². The fraction of sp³-hybridized carbons (Fsp3) is 0.222. The molecular weight excluding hydrogens is 278 g/mol. The van der Waals surface area contributed by atoms with E-state index in [0.717, 1.165) is 16.5 Å². The van der Waals surface area contributed by atoms with E-state index in [4.69, 9.17) is 0 Å². The predicted molar refractivity (Wildman–Crippen MR) is 85.6 cm³/mol. The molecule has 2 aromatic carbocycles. The molecule has 1 aliphatic rings. The molecule has 0 spiro atoms. The normalized spacial score (nSPS) is 20.7. The smallest absolute Gasteiger partial charge is 0.307 e. The summed E-state index contributed by atoms with van der Waals surface area (Å²) in [6.07, 6.45) is 4.59. The van der Waals surface area contributed by atoms with E-state index in [9.17, 15) is 14.7 Å². The SMILES string of the molecule is O=C(O)[C@@H]1CC=CC[C@H]1C(=O)Nc1cccc2ccccc12. The van der Waals surface area contributed by atoms with Crippen LogP contribution in [0.25, 0.3) is 10.8 Å². The van der Waals surface area contributed by atoms with E-state index in [1.54, 1.807) is 0 Å². The Balaban J connectivity index is 1.86. The van der Waals surface area contributed by atoms with E-state index in [2.05, 4.69) is 5.32 Å². The highest BCUT2D eigenvalue weighted by Crippen LogP contribution is 2.29. The van der Waals surface area contributed by atoms with Crippen LogP contribution in [0.2, 0.25) is 0 Å². The second-order valence-electron chi connectivity index (χ2n) is 5.51. The Hall–Kier alpha value is -2.62. The maximum Gasteiger partial charge on any atom is 0.307 e. The topological polar surface area (TPSA) is 66.4 Å². The number of nitrogens with one attached hydrogen (secondary N) is 1. The fourth-order valence-electron chi connectivity index (χ4n) is 2.94. The molecule has 1 amide bonds. The highest BCUT2D eigenvalue weighted by molar-refractivity contribution is 6.03. The van der Waals surface area contributed by atoms with Crippen molar-refractivity contribution < 1.29 is 14.7 Å². The van der Waals surface area contributed by atoms with Gasteiger partial charge in [-0.3, -0.25) is 9.59 Å². The number of aliphatic carboxylic acids is 1. The van der Waals surface area contributed by atoms with Crippen LogP contribution in [0, 0.1) is 11.8 Å². The van der Waals surface area contributed by atoms with Crippen LogP contribution in [0.4, 0.5) is 5.69 Å². The second-order valence-corrected chi connectivity index (χ2v) is 5.51. The van der Waals surface area contributed by atoms with E-state index < -0.39 is 17.8 Å². The summed E-state index contributed by atoms with van der Waals surface area (Å²) < 4.78 is 0. The molecule has 0 saturated carbocycles. The van der Waals surface area contributed by atoms with Crippen molar-refractivity contribution in [1.82, 2.24) is 0 Å². The van der Waals surface area contributed by atoms with Gasteiger partial charge in [0, 0.05) is 11.1 Å². The summed E-state index contributed by atoms with van der Waals surface area (Å²) in [5.41, 5.74) is 0.724. The number of allylic oxidation sites excluding steroid dienone is 2. The molecule has 0 bridgehead atoms. The average Bonchev–Trinajstić information content (AvgIpc) is 2.55. The van der Waals surface area contributed by atoms with Gasteiger partial charge in [0.05, 0.1) is 11.8 Å². The number of benzene rings is 2. The van der Waals surface area contributed by atoms with Gasteiger partial charge in [-0.05, 0) is 24.3 Å². The Labute approximate surface area is 128 Å². The van der Waals surface area contributed by atoms with Crippen LogP contribution < -0.4 is 5.32 Å². The molecule has 0 aliphatic heterocycles. The van der Waals surface area contributed by atoms with Gasteiger partial charge < -0.3 is 10.4 Å². The molecule has 2 atom stereocenters. The summed E-state index contributed by atoms with van der Waals surface area (Å²) in [6.45, 7) is 0. The first kappa shape index (κ1) is 14.3. The molecule has 1 aliphatic carbocycles. The van der Waals surface area contributed by atoms with Crippen LogP contribution in [-0.2, 0) is 9.59 Å². The van der Waals surface area contributed by atoms with Crippen LogP contribution >= 0.6 is 0 Å². The van der Waals surface area contributed by atoms with Crippen LogP contribution in [0.5, 0.6) is 0 Å². The first-order valence-corrected chi connectivity index (χ1v) is 7.33. The molecule has 0 fully saturated rings. The summed E-state index contributed by atoms with van der Waals surface area (Å²) in [4.78, 5) is 23.8. The molecule has 2 aromatic rings. The monoisotopic (exact) mass is 295 g/mol. The van der Waals surface area contributed by atoms with Gasteiger partial charge in [-0.1, -0.05) is 48.6 Å². The van der Waals surface area contributed by atoms with Crippen molar-refractivity contribution in [3.8, 4) is 0 Å². The molecule has 0 saturated heterocycles. The number of carboxylic acids is 1. The molecular formula is C18H17NO3. The summed E-state index contributed by atoms with van der Waals surface area (Å²) in [5.74, 6) is -2.32. The Morgan fingerprint density at radius 1 is 0.955 bits per heavy atom. The van der Waals surface area contributed by atoms with E-state index in [1.165, 1.54) is 0 Å². The maximum absolute atomic E-state index is 12.5. The van der Waals surface area contributed by atoms with Gasteiger partial charge in [-0.2, -0.15) is 0 Å². The summed E-state index contributed by atoms with van der Waals surface area (Å²) in [5, 5.41) is 14.2. The van der Waals surface area contributed by atoms with Crippen molar-refractivity contribution in [2.24, 2.45) is 11.8 Å². The van der Waals surface area contributed by atoms with Crippen molar-refractivity contribution in [2.75, 3.05) is 5.32 Å². The third-order valence-corrected chi connectivity index (χ3v) is 4.13. The minimum absolute atomic E-state index is 0.229. The van der Waals surface area contributed by atoms with Crippen molar-refractivity contribution in [3.63, 3.8) is 0 Å². The standard InChI is InChI=1S/C18H17NO3/c20-17(14-9-3-4-10-15(14)18(21)22)19-16-11-5-7-12-6-1-2-8-13(12)16/h1-8,11,14-15H,9-10H2,(H,19,20)(H,21,22)/t14-,15-/m1/s1. The Morgan fingerprint density at radius 2 is 1.64 bits per heavy atom. The number of rotatable bonds is 3. The lowest BCUT2D eigenvalue weighted by molar-refractivity contribution is -0.146. The Kier molecular flexibility index (Phi) is 3.92. The number of fused-ring (bicyclic) bond motifs is 1. The van der Waals surface area contributed by atoms with Gasteiger partial charge in [0.1, 0.15) is 0 Å². The molecule has 4 nitrogen and oxygen atoms in total. The molecule has 0 aromatic heterocycles. The first-order valence-electron chi connectivity index (χ1n) is 7.33. The summed E-state index contributed by atoms with van der Waals surface area (Å²) in [7, 11) is 0. The van der Waals surface area contributed by atoms with Gasteiger partial charge in [-0.25, -0.2) is 0 Å². The molecule has 22 heavy (non-hydrogen) atoms. The van der Waals surface area contributed by atoms with Crippen LogP contribution in [0.1, 0.15) is 12.8 Å². The lowest BCUT2D eigenvalue weighted by atomic mass is 9.82. The van der Waals surface area contributed by atoms with Gasteiger partial charge in [0.15, 0.2) is 0 Å². The lowest BCUT2D eigenvalue weighted by Gasteiger charge is -2.24. The van der Waals surface area contributed by atoms with Crippen molar-refractivity contribution >= 4 is 28.3 Å². The highest BCUT2D eigenvalue weighted by Gasteiger charge is 2.34. The molecule has 0 heterocycles. The third-order valence-electron chi connectivity index (χ3n) is 4.13. The Bertz CT molecular complexity index is 746. The zero-order valence-electron chi connectivity index (χ0n) is 12.0. The van der Waals surface area contributed by atoms with Crippen LogP contribution in [0.15, 0.2) is 54.6 Å². The van der Waals surface area contributed by atoms with Crippen molar-refractivity contribution in [1.29, 1.82) is 0 Å². The first-order chi connectivity index (χ1) is 10.7. The zero-order chi connectivity index (χ0) is 15.5. The molecule has 2 N–H and O–H groups in total. The number of carbonyl (C=O) groups excluding carboxylic acids is 1. The average molecular weight is 295 g/mol. The molecule has 112 valence electrons. The quantitative estimate of drug-likeness (QED) is 0.852. The summed E-state index contributed by atoms with van der Waals surface area (Å²) >= 11 is 0. The molecule has 0 radical (unpaired) electrons. The lowest BCUT2D eigenvalue weighted by Crippen LogP contribution is -2.34. The van der Waals surface area contributed by atoms with E-state index in [1.807, 2.05) is 54.6 Å². The van der Waals surface area contributed by atoms with Crippen LogP contribution in [0.3, 0.4) is 0 Å². The predicted octanol–water partition coefficient (Wildman–Crippen LogP) is 3.45. The van der Waals surface area contributed by atoms with Gasteiger partial charge in [0.25, 0.3) is 0 Å². The largest absolute Gasteiger partial charge is 0.481 e. The molecule has 4 heteroatoms. The minimum atomic E-state index is -0.914.